The van der Waals surface area contributed by atoms with Crippen LogP contribution in [0.25, 0.3) is 6.20 Å². The molecule has 0 aliphatic rings. The van der Waals surface area contributed by atoms with Gasteiger partial charge in [0, 0.05) is 25.0 Å². The summed E-state index contributed by atoms with van der Waals surface area (Å²) in [5.41, 5.74) is 0. The number of hydrogen-bond donors (Lipinski definition) is 2. The maximum atomic E-state index is 9.44. The van der Waals surface area contributed by atoms with Crippen LogP contribution in [0.2, 0.25) is 0 Å². The van der Waals surface area contributed by atoms with Crippen molar-refractivity contribution in [1.29, 1.82) is 0 Å². The predicted molar refractivity (Wildman–Crippen MR) is 71.4 cm³/mol. The second-order valence-electron chi connectivity index (χ2n) is 3.46. The molecule has 0 aromatic carbocycles. The Bertz CT molecular complexity index is 588. The summed E-state index contributed by atoms with van der Waals surface area (Å²) in [5, 5.41) is 0. The van der Waals surface area contributed by atoms with Crippen LogP contribution >= 0.6 is 0 Å². The van der Waals surface area contributed by atoms with E-state index < -0.39 is 20.8 Å². The molecule has 0 radical (unpaired) electrons. The minimum atomic E-state index is -5.12. The zero-order valence-corrected chi connectivity index (χ0v) is 12.3. The van der Waals surface area contributed by atoms with E-state index in [1.54, 1.807) is 6.20 Å². The van der Waals surface area contributed by atoms with Gasteiger partial charge in [-0.05, 0) is 6.42 Å². The molecule has 1 rings (SSSR count). The quantitative estimate of drug-likeness (QED) is 0.736. The third kappa shape index (κ3) is 9.63. The summed E-state index contributed by atoms with van der Waals surface area (Å²) < 4.78 is 57.5. The molecule has 9 nitrogen and oxygen atoms in total. The average molecular weight is 328 g/mol. The highest BCUT2D eigenvalue weighted by Crippen LogP contribution is 2.02. The van der Waals surface area contributed by atoms with Crippen molar-refractivity contribution in [3.05, 3.63) is 24.8 Å². The van der Waals surface area contributed by atoms with Crippen LogP contribution in [0.5, 0.6) is 0 Å². The Balaban J connectivity index is 0.000000370. The summed E-state index contributed by atoms with van der Waals surface area (Å²) in [6.45, 7) is 5.88. The summed E-state index contributed by atoms with van der Waals surface area (Å²) in [7, 11) is -10.2. The molecule has 116 valence electrons. The number of imidazole rings is 1. The second kappa shape index (κ2) is 8.11. The van der Waals surface area contributed by atoms with Crippen molar-refractivity contribution < 1.29 is 29.6 Å². The van der Waals surface area contributed by atoms with Gasteiger partial charge in [-0.15, -0.1) is 3.63 Å². The molecule has 0 saturated heterocycles. The topological polar surface area (TPSA) is 136 Å². The van der Waals surface area contributed by atoms with E-state index in [2.05, 4.69) is 22.1 Å². The first-order valence-electron chi connectivity index (χ1n) is 5.39. The predicted octanol–water partition coefficient (Wildman–Crippen LogP) is 0.935. The molecule has 20 heavy (non-hydrogen) atoms. The first-order chi connectivity index (χ1) is 9.09. The summed E-state index contributed by atoms with van der Waals surface area (Å²) in [6, 6.07) is 0. The van der Waals surface area contributed by atoms with E-state index in [1.165, 1.54) is 12.8 Å². The van der Waals surface area contributed by atoms with Gasteiger partial charge >= 0.3 is 20.8 Å². The number of rotatable bonds is 6. The molecule has 0 saturated carbocycles. The minimum absolute atomic E-state index is 1.05. The van der Waals surface area contributed by atoms with Gasteiger partial charge in [0.25, 0.3) is 0 Å². The van der Waals surface area contributed by atoms with Gasteiger partial charge in [0.2, 0.25) is 0 Å². The van der Waals surface area contributed by atoms with E-state index in [1.807, 2.05) is 17.0 Å². The minimum Gasteiger partial charge on any atom is -0.311 e. The maximum absolute atomic E-state index is 9.44. The monoisotopic (exact) mass is 328 g/mol. The van der Waals surface area contributed by atoms with Crippen LogP contribution in [0.3, 0.4) is 0 Å². The highest BCUT2D eigenvalue weighted by molar-refractivity contribution is 7.94. The fraction of sp³-hybridized carbons (Fsp3) is 0.444. The molecular formula is C9H16N2O7S2. The summed E-state index contributed by atoms with van der Waals surface area (Å²) in [5.74, 6) is 1.11. The Morgan fingerprint density at radius 3 is 2.25 bits per heavy atom. The van der Waals surface area contributed by atoms with E-state index >= 15 is 0 Å². The zero-order chi connectivity index (χ0) is 15.8. The van der Waals surface area contributed by atoms with Gasteiger partial charge in [0.15, 0.2) is 0 Å². The molecular weight excluding hydrogens is 312 g/mol. The number of nitrogens with zero attached hydrogens (tertiary/aromatic N) is 2. The van der Waals surface area contributed by atoms with E-state index in [0.29, 0.717) is 0 Å². The van der Waals surface area contributed by atoms with Crippen molar-refractivity contribution in [2.45, 2.75) is 26.2 Å². The lowest BCUT2D eigenvalue weighted by molar-refractivity contribution is 0.344. The van der Waals surface area contributed by atoms with Crippen LogP contribution in [0.15, 0.2) is 19.0 Å². The number of unbranched alkanes of at least 4 members (excludes halogenated alkanes) is 1. The van der Waals surface area contributed by atoms with Crippen molar-refractivity contribution in [3.63, 3.8) is 0 Å². The first-order valence-corrected chi connectivity index (χ1v) is 8.12. The number of aryl methyl sites for hydroxylation is 1. The molecule has 1 heterocycles. The fourth-order valence-corrected chi connectivity index (χ4v) is 2.02. The summed E-state index contributed by atoms with van der Waals surface area (Å²) >= 11 is 0. The van der Waals surface area contributed by atoms with E-state index in [0.717, 1.165) is 12.2 Å². The lowest BCUT2D eigenvalue weighted by Gasteiger charge is -1.99. The lowest BCUT2D eigenvalue weighted by Crippen LogP contribution is -2.10. The molecule has 0 spiro atoms. The molecule has 0 bridgehead atoms. The standard InChI is InChI=1S/C9H14N2.H2O7S2/c1-3-5-6-9-10-7-8-11(9)4-2;1-8(2,3)7-9(4,5)6/h4,7-8H,2-3,5-6H2,1H3;(H,1,2,3)(H,4,5,6). The van der Waals surface area contributed by atoms with E-state index in [9.17, 15) is 16.8 Å². The average Bonchev–Trinajstić information content (AvgIpc) is 2.69. The third-order valence-electron chi connectivity index (χ3n) is 1.87. The fourth-order valence-electron chi connectivity index (χ4n) is 1.15. The Kier molecular flexibility index (Phi) is 7.60. The second-order valence-corrected chi connectivity index (χ2v) is 5.72. The van der Waals surface area contributed by atoms with Gasteiger partial charge in [-0.3, -0.25) is 9.11 Å². The van der Waals surface area contributed by atoms with Gasteiger partial charge in [0.05, 0.1) is 0 Å². The van der Waals surface area contributed by atoms with Gasteiger partial charge in [-0.1, -0.05) is 19.9 Å². The van der Waals surface area contributed by atoms with Crippen molar-refractivity contribution in [1.82, 2.24) is 9.55 Å². The van der Waals surface area contributed by atoms with E-state index in [4.69, 9.17) is 9.11 Å². The normalized spacial score (nSPS) is 11.6. The largest absolute Gasteiger partial charge is 0.413 e. The van der Waals surface area contributed by atoms with Crippen LogP contribution in [0.1, 0.15) is 25.6 Å². The van der Waals surface area contributed by atoms with Gasteiger partial charge in [-0.2, -0.15) is 16.8 Å². The van der Waals surface area contributed by atoms with Crippen LogP contribution in [0, 0.1) is 0 Å². The number of hydrogen-bond acceptors (Lipinski definition) is 6. The zero-order valence-electron chi connectivity index (χ0n) is 10.7. The Hall–Kier alpha value is -1.27. The Morgan fingerprint density at radius 1 is 1.35 bits per heavy atom. The molecule has 0 aliphatic carbocycles. The van der Waals surface area contributed by atoms with Gasteiger partial charge in [0.1, 0.15) is 5.82 Å². The van der Waals surface area contributed by atoms with Crippen LogP contribution < -0.4 is 0 Å². The molecule has 1 aromatic heterocycles. The van der Waals surface area contributed by atoms with Crippen molar-refractivity contribution in [3.8, 4) is 0 Å². The van der Waals surface area contributed by atoms with Crippen LogP contribution in [0.4, 0.5) is 0 Å². The molecule has 11 heteroatoms. The van der Waals surface area contributed by atoms with Gasteiger partial charge < -0.3 is 4.57 Å². The van der Waals surface area contributed by atoms with Gasteiger partial charge in [-0.25, -0.2) is 4.98 Å². The Morgan fingerprint density at radius 2 is 1.90 bits per heavy atom. The molecule has 0 aliphatic heterocycles. The van der Waals surface area contributed by atoms with Crippen molar-refractivity contribution in [2.24, 2.45) is 0 Å². The third-order valence-corrected chi connectivity index (χ3v) is 3.25. The molecule has 0 atom stereocenters. The highest BCUT2D eigenvalue weighted by Gasteiger charge is 2.15. The number of aromatic nitrogens is 2. The summed E-state index contributed by atoms with van der Waals surface area (Å²) in [4.78, 5) is 4.22. The molecule has 0 unspecified atom stereocenters. The smallest absolute Gasteiger partial charge is 0.311 e. The van der Waals surface area contributed by atoms with Crippen LogP contribution in [-0.4, -0.2) is 35.5 Å². The molecule has 1 aromatic rings. The molecule has 0 fully saturated rings. The van der Waals surface area contributed by atoms with Crippen molar-refractivity contribution in [2.75, 3.05) is 0 Å². The Labute approximate surface area is 117 Å². The SMILES string of the molecule is C=Cn1ccnc1CCCC.O=S(=O)(O)OS(=O)(=O)O. The maximum Gasteiger partial charge on any atom is 0.413 e. The van der Waals surface area contributed by atoms with E-state index in [-0.39, 0.29) is 0 Å². The van der Waals surface area contributed by atoms with Crippen molar-refractivity contribution >= 4 is 27.0 Å². The first kappa shape index (κ1) is 18.7. The molecule has 0 amide bonds. The van der Waals surface area contributed by atoms with Crippen LogP contribution in [-0.2, 0) is 30.8 Å². The highest BCUT2D eigenvalue weighted by atomic mass is 32.3. The lowest BCUT2D eigenvalue weighted by atomic mass is 10.2. The molecule has 2 N–H and O–H groups in total. The summed E-state index contributed by atoms with van der Waals surface area (Å²) in [6.07, 6.45) is 8.99.